The number of carbonyl (C=O) groups is 3. The number of hydrogen-bond acceptors (Lipinski definition) is 15. The standard InChI is InChI=1S/C31H31N5O.C27H29N5O.C26H28N6O2/c37-31(28-19-23-8-1-2-10-25(23)20-34-28)33-16-7-17-36(21-26-18-24-9-3-4-13-27(24)35-26)29-14-5-11-22-12-6-15-32-30(22)29;33-27(24-12-3-4-14-28-24)30-16-7-17-32(19-22-18-21-8-1-2-11-23(21)31-22)25-13-5-9-20-10-6-15-29-26(20)25;33-24-12-11-19(16-29-24)26(34)28-14-5-15-32(17-23-30-20-8-1-2-9-21(20)31-23)22-10-3-6-18-7-4-13-27-25(18)22/h1-4,6,8-10,12-13,15,19-20,29H,5,7,11,14,16-18,21H2,(H,33,37);1-4,6,8,10-12,14-15,25H,5,7,9,13,16-19H2,(H,30,33);1-2,4,7-9,11-13,16,22H,3,5-6,10,14-15,17H2,(H,28,34)(H,29,33)(H,30,31). The number of carbonyl (C=O) groups excluding carboxylic acids is 3. The fourth-order valence-electron chi connectivity index (χ4n) is 15.2. The molecule has 0 radical (unpaired) electrons. The molecular weight excluding hydrogens is 1300 g/mol. The first kappa shape index (κ1) is 70.0. The molecule has 3 aliphatic carbocycles. The van der Waals surface area contributed by atoms with Crippen LogP contribution in [0.2, 0.25) is 0 Å². The maximum absolute atomic E-state index is 12.8. The topological polar surface area (TPSA) is 248 Å². The number of amides is 3. The molecule has 16 rings (SSSR count). The Hall–Kier alpha value is -11.1. The molecule has 3 amide bonds. The van der Waals surface area contributed by atoms with Gasteiger partial charge in [0.1, 0.15) is 17.2 Å². The van der Waals surface area contributed by atoms with Crippen molar-refractivity contribution >= 4 is 62.3 Å². The number of hydrogen-bond donors (Lipinski definition) is 5. The molecule has 0 saturated heterocycles. The zero-order valence-electron chi connectivity index (χ0n) is 58.7. The van der Waals surface area contributed by atoms with E-state index in [1.165, 1.54) is 75.4 Å². The Balaban J connectivity index is 0.000000132. The minimum atomic E-state index is -0.223. The van der Waals surface area contributed by atoms with E-state index in [2.05, 4.69) is 117 Å². The van der Waals surface area contributed by atoms with Gasteiger partial charge in [-0.15, -0.1) is 0 Å². The van der Waals surface area contributed by atoms with E-state index in [4.69, 9.17) is 29.9 Å². The number of aliphatic imine (C=N–C) groups is 2. The second-order valence-corrected chi connectivity index (χ2v) is 27.3. The lowest BCUT2D eigenvalue weighted by atomic mass is 9.90. The van der Waals surface area contributed by atoms with Crippen LogP contribution in [0, 0.1) is 0 Å². The highest BCUT2D eigenvalue weighted by Crippen LogP contribution is 2.38. The fraction of sp³-hybridized carbons (Fsp3) is 0.310. The predicted molar refractivity (Wildman–Crippen MR) is 408 cm³/mol. The fourth-order valence-corrected chi connectivity index (χ4v) is 15.2. The van der Waals surface area contributed by atoms with Gasteiger partial charge in [0.25, 0.3) is 17.7 Å². The van der Waals surface area contributed by atoms with Crippen molar-refractivity contribution in [3.8, 4) is 0 Å². The Labute approximate surface area is 606 Å². The third-order valence-corrected chi connectivity index (χ3v) is 20.2. The van der Waals surface area contributed by atoms with Gasteiger partial charge in [-0.2, -0.15) is 0 Å². The van der Waals surface area contributed by atoms with Gasteiger partial charge in [-0.25, -0.2) is 4.98 Å². The van der Waals surface area contributed by atoms with Gasteiger partial charge in [-0.05, 0) is 177 Å². The van der Waals surface area contributed by atoms with Crippen LogP contribution in [0.4, 0.5) is 11.4 Å². The van der Waals surface area contributed by atoms with Crippen molar-refractivity contribution in [1.82, 2.24) is 70.5 Å². The SMILES string of the molecule is O=C(NCCCN(CC1=Nc2ccccc2C1)C1CCCc2cccnc21)c1cc2ccccc2cn1.O=C(NCCCN(CC1=Nc2ccccc2C1)C1CCCc2cccnc21)c1ccccn1.O=C(NCCCN(Cc1nc2ccccc2[nH]1)C1CCCc2cccnc21)c1ccc(=O)[nH]c1. The van der Waals surface area contributed by atoms with E-state index in [0.717, 1.165) is 161 Å². The van der Waals surface area contributed by atoms with Crippen LogP contribution < -0.4 is 21.5 Å². The van der Waals surface area contributed by atoms with E-state index in [-0.39, 0.29) is 41.4 Å². The Kier molecular flexibility index (Phi) is 23.1. The van der Waals surface area contributed by atoms with Gasteiger partial charge in [-0.1, -0.05) is 97.1 Å². The Bertz CT molecular complexity index is 4870. The third-order valence-electron chi connectivity index (χ3n) is 20.2. The number of aromatic nitrogens is 8. The molecule has 3 atom stereocenters. The average Bonchev–Trinajstić information content (AvgIpc) is 1.13. The zero-order valence-corrected chi connectivity index (χ0v) is 58.7. The summed E-state index contributed by atoms with van der Waals surface area (Å²) in [4.78, 5) is 99.6. The smallest absolute Gasteiger partial charge is 0.269 e. The summed E-state index contributed by atoms with van der Waals surface area (Å²) < 4.78 is 0. The lowest BCUT2D eigenvalue weighted by Crippen LogP contribution is -2.38. The van der Waals surface area contributed by atoms with Gasteiger partial charge < -0.3 is 25.9 Å². The Morgan fingerprint density at radius 3 is 1.46 bits per heavy atom. The van der Waals surface area contributed by atoms with Gasteiger partial charge in [0.2, 0.25) is 5.56 Å². The number of fused-ring (bicyclic) bond motifs is 7. The van der Waals surface area contributed by atoms with Crippen molar-refractivity contribution in [2.45, 2.75) is 115 Å². The van der Waals surface area contributed by atoms with Crippen LogP contribution >= 0.6 is 0 Å². The number of pyridine rings is 6. The first-order valence-electron chi connectivity index (χ1n) is 36.7. The van der Waals surface area contributed by atoms with Crippen LogP contribution in [0.5, 0.6) is 0 Å². The number of nitrogens with zero attached hydrogens (tertiary/aromatic N) is 11. The minimum Gasteiger partial charge on any atom is -0.352 e. The Morgan fingerprint density at radius 2 is 0.933 bits per heavy atom. The molecule has 4 aromatic carbocycles. The highest BCUT2D eigenvalue weighted by Gasteiger charge is 2.32. The number of rotatable bonds is 24. The second kappa shape index (κ2) is 34.3. The number of imidazole rings is 1. The van der Waals surface area contributed by atoms with Crippen molar-refractivity contribution in [3.63, 3.8) is 0 Å². The number of aromatic amines is 2. The van der Waals surface area contributed by atoms with Crippen LogP contribution in [0.15, 0.2) is 222 Å². The van der Waals surface area contributed by atoms with Crippen LogP contribution in [0.25, 0.3) is 21.8 Å². The van der Waals surface area contributed by atoms with Gasteiger partial charge >= 0.3 is 0 Å². The highest BCUT2D eigenvalue weighted by atomic mass is 16.2. The third kappa shape index (κ3) is 17.7. The van der Waals surface area contributed by atoms with Gasteiger partial charge in [-0.3, -0.25) is 68.8 Å². The van der Waals surface area contributed by atoms with Crippen molar-refractivity contribution in [3.05, 3.63) is 285 Å². The van der Waals surface area contributed by atoms with Crippen LogP contribution in [-0.4, -0.2) is 136 Å². The van der Waals surface area contributed by atoms with E-state index < -0.39 is 0 Å². The molecule has 0 fully saturated rings. The van der Waals surface area contributed by atoms with Gasteiger partial charge in [0, 0.05) is 125 Å². The molecule has 7 aromatic heterocycles. The average molecular weight is 1390 g/mol. The summed E-state index contributed by atoms with van der Waals surface area (Å²) >= 11 is 0. The summed E-state index contributed by atoms with van der Waals surface area (Å²) in [5, 5.41) is 11.1. The molecule has 0 spiro atoms. The molecule has 20 nitrogen and oxygen atoms in total. The molecule has 20 heteroatoms. The number of para-hydroxylation sites is 4. The summed E-state index contributed by atoms with van der Waals surface area (Å²) in [5.41, 5.74) is 17.9. The highest BCUT2D eigenvalue weighted by molar-refractivity contribution is 5.98. The summed E-state index contributed by atoms with van der Waals surface area (Å²) in [6, 6.07) is 56.4. The molecule has 0 bridgehead atoms. The molecule has 3 unspecified atom stereocenters. The molecule has 11 aromatic rings. The summed E-state index contributed by atoms with van der Waals surface area (Å²) in [5.74, 6) is 0.492. The van der Waals surface area contributed by atoms with Crippen LogP contribution in [-0.2, 0) is 38.6 Å². The van der Waals surface area contributed by atoms with Gasteiger partial charge in [0.15, 0.2) is 0 Å². The van der Waals surface area contributed by atoms with Crippen molar-refractivity contribution in [2.24, 2.45) is 9.98 Å². The van der Waals surface area contributed by atoms with Gasteiger partial charge in [0.05, 0.1) is 69.7 Å². The molecule has 2 aliphatic heterocycles. The summed E-state index contributed by atoms with van der Waals surface area (Å²) in [7, 11) is 0. The van der Waals surface area contributed by atoms with E-state index in [9.17, 15) is 19.2 Å². The molecule has 104 heavy (non-hydrogen) atoms. The quantitative estimate of drug-likeness (QED) is 0.0354. The van der Waals surface area contributed by atoms with Crippen LogP contribution in [0.3, 0.4) is 0 Å². The number of aryl methyl sites for hydroxylation is 3. The maximum Gasteiger partial charge on any atom is 0.269 e. The molecule has 5 N–H and O–H groups in total. The first-order chi connectivity index (χ1) is 51.2. The molecule has 0 saturated carbocycles. The Morgan fingerprint density at radius 1 is 0.452 bits per heavy atom. The van der Waals surface area contributed by atoms with E-state index in [0.29, 0.717) is 43.1 Å². The van der Waals surface area contributed by atoms with E-state index >= 15 is 0 Å². The molecule has 9 heterocycles. The number of benzene rings is 4. The number of H-pyrrole nitrogens is 2. The first-order valence-corrected chi connectivity index (χ1v) is 36.7. The molecular formula is C84H88N16O4. The molecule has 528 valence electrons. The van der Waals surface area contributed by atoms with Crippen molar-refractivity contribution in [1.29, 1.82) is 0 Å². The summed E-state index contributed by atoms with van der Waals surface area (Å²) in [6.45, 7) is 6.60. The second-order valence-electron chi connectivity index (χ2n) is 27.3. The zero-order chi connectivity index (χ0) is 70.8. The molecule has 5 aliphatic rings. The summed E-state index contributed by atoms with van der Waals surface area (Å²) in [6.07, 6.45) is 24.8. The van der Waals surface area contributed by atoms with Crippen molar-refractivity contribution < 1.29 is 14.4 Å². The van der Waals surface area contributed by atoms with E-state index in [1.807, 2.05) is 104 Å². The number of nitrogens with one attached hydrogen (secondary N) is 5. The van der Waals surface area contributed by atoms with Crippen LogP contribution in [0.1, 0.15) is 158 Å². The normalized spacial score (nSPS) is 16.2. The minimum absolute atomic E-state index is 0.123. The predicted octanol–water partition coefficient (Wildman–Crippen LogP) is 13.1. The lowest BCUT2D eigenvalue weighted by molar-refractivity contribution is 0.0937. The lowest BCUT2D eigenvalue weighted by Gasteiger charge is -2.35. The van der Waals surface area contributed by atoms with Crippen molar-refractivity contribution in [2.75, 3.05) is 52.4 Å². The largest absolute Gasteiger partial charge is 0.352 e. The maximum atomic E-state index is 12.8. The monoisotopic (exact) mass is 1380 g/mol. The van der Waals surface area contributed by atoms with E-state index in [1.54, 1.807) is 18.5 Å².